The molecule has 0 aliphatic heterocycles. The molecule has 1 saturated carbocycles. The Hall–Kier alpha value is -0.630. The topological polar surface area (TPSA) is 0 Å². The molecule has 1 fully saturated rings. The maximum absolute atomic E-state index is 13.4. The van der Waals surface area contributed by atoms with Crippen molar-refractivity contribution in [1.82, 2.24) is 0 Å². The van der Waals surface area contributed by atoms with Crippen molar-refractivity contribution in [2.24, 2.45) is 11.8 Å². The molecule has 1 aliphatic carbocycles. The van der Waals surface area contributed by atoms with Gasteiger partial charge in [-0.25, -0.2) is 8.78 Å². The Morgan fingerprint density at radius 1 is 1.31 bits per heavy atom. The quantitative estimate of drug-likeness (QED) is 0.686. The van der Waals surface area contributed by atoms with E-state index in [1.54, 1.807) is 0 Å². The zero-order chi connectivity index (χ0) is 11.7. The van der Waals surface area contributed by atoms with Gasteiger partial charge in [-0.05, 0) is 54.9 Å². The van der Waals surface area contributed by atoms with E-state index in [2.05, 4.69) is 6.92 Å². The fraction of sp³-hybridized carbons (Fsp3) is 0.538. The lowest BCUT2D eigenvalue weighted by Gasteiger charge is -2.17. The third-order valence-corrected chi connectivity index (χ3v) is 4.23. The maximum atomic E-state index is 13.4. The van der Waals surface area contributed by atoms with Gasteiger partial charge in [0.25, 0.3) is 0 Å². The SMILES string of the molecule is CC1C(Cl)CCC1Cc1cc(F)ccc1F. The van der Waals surface area contributed by atoms with Crippen LogP contribution in [0.15, 0.2) is 18.2 Å². The molecule has 1 aromatic rings. The largest absolute Gasteiger partial charge is 0.207 e. The van der Waals surface area contributed by atoms with Crippen LogP contribution in [0.5, 0.6) is 0 Å². The number of hydrogen-bond acceptors (Lipinski definition) is 0. The standard InChI is InChI=1S/C13H15ClF2/c1-8-9(2-4-12(8)14)6-10-7-11(15)3-5-13(10)16/h3,5,7-9,12H,2,4,6H2,1H3. The summed E-state index contributed by atoms with van der Waals surface area (Å²) in [5.74, 6) is 0.0687. The molecule has 88 valence electrons. The van der Waals surface area contributed by atoms with Crippen molar-refractivity contribution in [1.29, 1.82) is 0 Å². The number of halogens is 3. The average Bonchev–Trinajstić information content (AvgIpc) is 2.55. The van der Waals surface area contributed by atoms with E-state index in [-0.39, 0.29) is 17.0 Å². The molecule has 0 amide bonds. The Balaban J connectivity index is 2.12. The predicted octanol–water partition coefficient (Wildman–Crippen LogP) is 4.16. The van der Waals surface area contributed by atoms with Crippen LogP contribution in [-0.4, -0.2) is 5.38 Å². The van der Waals surface area contributed by atoms with Gasteiger partial charge in [-0.2, -0.15) is 0 Å². The van der Waals surface area contributed by atoms with Crippen LogP contribution in [0, 0.1) is 23.5 Å². The molecule has 0 radical (unpaired) electrons. The van der Waals surface area contributed by atoms with Crippen molar-refractivity contribution in [3.63, 3.8) is 0 Å². The Kier molecular flexibility index (Phi) is 3.48. The van der Waals surface area contributed by atoms with Gasteiger partial charge in [0.2, 0.25) is 0 Å². The Morgan fingerprint density at radius 2 is 2.06 bits per heavy atom. The monoisotopic (exact) mass is 244 g/mol. The average molecular weight is 245 g/mol. The van der Waals surface area contributed by atoms with Gasteiger partial charge in [-0.3, -0.25) is 0 Å². The molecule has 2 rings (SSSR count). The lowest BCUT2D eigenvalue weighted by Crippen LogP contribution is -2.14. The highest BCUT2D eigenvalue weighted by Gasteiger charge is 2.31. The normalized spacial score (nSPS) is 29.6. The van der Waals surface area contributed by atoms with Crippen molar-refractivity contribution in [3.8, 4) is 0 Å². The molecule has 0 nitrogen and oxygen atoms in total. The Bertz CT molecular complexity index is 378. The van der Waals surface area contributed by atoms with Crippen molar-refractivity contribution >= 4 is 11.6 Å². The zero-order valence-corrected chi connectivity index (χ0v) is 9.98. The highest BCUT2D eigenvalue weighted by molar-refractivity contribution is 6.20. The van der Waals surface area contributed by atoms with Crippen molar-refractivity contribution in [2.75, 3.05) is 0 Å². The first-order chi connectivity index (χ1) is 7.58. The van der Waals surface area contributed by atoms with Gasteiger partial charge < -0.3 is 0 Å². The first kappa shape index (κ1) is 11.8. The van der Waals surface area contributed by atoms with Crippen LogP contribution in [0.2, 0.25) is 0 Å². The maximum Gasteiger partial charge on any atom is 0.126 e. The van der Waals surface area contributed by atoms with Crippen LogP contribution in [0.4, 0.5) is 8.78 Å². The smallest absolute Gasteiger partial charge is 0.126 e. The van der Waals surface area contributed by atoms with Gasteiger partial charge in [0.15, 0.2) is 0 Å². The first-order valence-corrected chi connectivity index (χ1v) is 6.09. The van der Waals surface area contributed by atoms with E-state index < -0.39 is 0 Å². The van der Waals surface area contributed by atoms with Crippen molar-refractivity contribution in [3.05, 3.63) is 35.4 Å². The van der Waals surface area contributed by atoms with Gasteiger partial charge >= 0.3 is 0 Å². The molecule has 0 spiro atoms. The number of hydrogen-bond donors (Lipinski definition) is 0. The Labute approximate surface area is 99.6 Å². The first-order valence-electron chi connectivity index (χ1n) is 5.66. The molecule has 0 saturated heterocycles. The van der Waals surface area contributed by atoms with E-state index in [1.807, 2.05) is 0 Å². The van der Waals surface area contributed by atoms with Gasteiger partial charge in [-0.1, -0.05) is 6.92 Å². The van der Waals surface area contributed by atoms with E-state index in [0.717, 1.165) is 18.9 Å². The van der Waals surface area contributed by atoms with E-state index in [4.69, 9.17) is 11.6 Å². The van der Waals surface area contributed by atoms with Crippen LogP contribution < -0.4 is 0 Å². The fourth-order valence-electron chi connectivity index (χ4n) is 2.46. The summed E-state index contributed by atoms with van der Waals surface area (Å²) in [6.45, 7) is 2.09. The third-order valence-electron chi connectivity index (χ3n) is 3.62. The van der Waals surface area contributed by atoms with E-state index >= 15 is 0 Å². The number of benzene rings is 1. The predicted molar refractivity (Wildman–Crippen MR) is 61.6 cm³/mol. The minimum atomic E-state index is -0.371. The summed E-state index contributed by atoms with van der Waals surface area (Å²) in [6.07, 6.45) is 2.57. The number of rotatable bonds is 2. The van der Waals surface area contributed by atoms with Crippen LogP contribution in [0.3, 0.4) is 0 Å². The molecule has 16 heavy (non-hydrogen) atoms. The second kappa shape index (κ2) is 4.70. The molecule has 0 aromatic heterocycles. The second-order valence-corrected chi connectivity index (χ2v) is 5.21. The minimum Gasteiger partial charge on any atom is -0.207 e. The highest BCUT2D eigenvalue weighted by Crippen LogP contribution is 2.37. The van der Waals surface area contributed by atoms with E-state index in [1.165, 1.54) is 12.1 Å². The van der Waals surface area contributed by atoms with Crippen LogP contribution in [0.1, 0.15) is 25.3 Å². The summed E-state index contributed by atoms with van der Waals surface area (Å²) >= 11 is 6.13. The van der Waals surface area contributed by atoms with Gasteiger partial charge in [0.05, 0.1) is 0 Å². The Morgan fingerprint density at radius 3 is 2.69 bits per heavy atom. The summed E-state index contributed by atoms with van der Waals surface area (Å²) in [7, 11) is 0. The van der Waals surface area contributed by atoms with Crippen molar-refractivity contribution < 1.29 is 8.78 Å². The van der Waals surface area contributed by atoms with Gasteiger partial charge in [-0.15, -0.1) is 11.6 Å². The lowest BCUT2D eigenvalue weighted by molar-refractivity contribution is 0.411. The molecule has 0 N–H and O–H groups in total. The molecule has 1 aromatic carbocycles. The molecule has 3 heteroatoms. The molecular formula is C13H15ClF2. The van der Waals surface area contributed by atoms with Crippen molar-refractivity contribution in [2.45, 2.75) is 31.6 Å². The van der Waals surface area contributed by atoms with Crippen LogP contribution in [0.25, 0.3) is 0 Å². The summed E-state index contributed by atoms with van der Waals surface area (Å²) in [5, 5.41) is 0.182. The summed E-state index contributed by atoms with van der Waals surface area (Å²) < 4.78 is 26.4. The van der Waals surface area contributed by atoms with E-state index in [9.17, 15) is 8.78 Å². The molecule has 3 atom stereocenters. The molecule has 1 aliphatic rings. The summed E-state index contributed by atoms with van der Waals surface area (Å²) in [4.78, 5) is 0. The van der Waals surface area contributed by atoms with Crippen LogP contribution >= 0.6 is 11.6 Å². The van der Waals surface area contributed by atoms with E-state index in [0.29, 0.717) is 23.8 Å². The molecule has 0 bridgehead atoms. The molecular weight excluding hydrogens is 230 g/mol. The van der Waals surface area contributed by atoms with Gasteiger partial charge in [0, 0.05) is 5.38 Å². The number of alkyl halides is 1. The summed E-state index contributed by atoms with van der Waals surface area (Å²) in [5.41, 5.74) is 0.475. The fourth-order valence-corrected chi connectivity index (χ4v) is 2.80. The lowest BCUT2D eigenvalue weighted by atomic mass is 9.90. The second-order valence-electron chi connectivity index (χ2n) is 4.65. The molecule has 3 unspecified atom stereocenters. The minimum absolute atomic E-state index is 0.182. The van der Waals surface area contributed by atoms with Crippen LogP contribution in [-0.2, 0) is 6.42 Å². The highest BCUT2D eigenvalue weighted by atomic mass is 35.5. The zero-order valence-electron chi connectivity index (χ0n) is 9.22. The van der Waals surface area contributed by atoms with Gasteiger partial charge in [0.1, 0.15) is 11.6 Å². The molecule has 0 heterocycles. The summed E-state index contributed by atoms with van der Waals surface area (Å²) in [6, 6.07) is 3.65. The third kappa shape index (κ3) is 2.37.